The van der Waals surface area contributed by atoms with E-state index in [2.05, 4.69) is 6.42 Å². The summed E-state index contributed by atoms with van der Waals surface area (Å²) in [7, 11) is 0. The molecule has 1 rings (SSSR count). The van der Waals surface area contributed by atoms with Gasteiger partial charge < -0.3 is 11.1 Å². The third-order valence-electron chi connectivity index (χ3n) is 1.32. The molecule has 2 heteroatoms. The van der Waals surface area contributed by atoms with Crippen LogP contribution in [0.4, 0.5) is 0 Å². The second kappa shape index (κ2) is 7.70. The first kappa shape index (κ1) is 11.5. The molecule has 0 nitrogen and oxygen atoms in total. The van der Waals surface area contributed by atoms with Gasteiger partial charge >= 0.3 is 23.1 Å². The molecule has 0 heterocycles. The third-order valence-corrected chi connectivity index (χ3v) is 1.32. The quantitative estimate of drug-likeness (QED) is 0.282. The topological polar surface area (TPSA) is 0 Å². The minimum atomic E-state index is 0. The predicted octanol–water partition coefficient (Wildman–Crippen LogP) is -1.22. The number of hydrogen-bond acceptors (Lipinski definition) is 0. The summed E-state index contributed by atoms with van der Waals surface area (Å²) in [5.41, 5.74) is 0. The van der Waals surface area contributed by atoms with E-state index in [4.69, 9.17) is 0 Å². The zero-order chi connectivity index (χ0) is 4.24. The minimum absolute atomic E-state index is 0. The first-order valence-corrected chi connectivity index (χ1v) is 2.82. The fraction of sp³-hybridized carbons (Fsp3) is 0.833. The monoisotopic (exact) mass is 126 g/mol. The van der Waals surface area contributed by atoms with Crippen LogP contribution >= 0.6 is 0 Å². The van der Waals surface area contributed by atoms with E-state index in [9.17, 15) is 0 Å². The van der Waals surface area contributed by atoms with E-state index in [1.807, 2.05) is 0 Å². The van der Waals surface area contributed by atoms with Gasteiger partial charge in [-0.3, -0.25) is 0 Å². The van der Waals surface area contributed by atoms with Gasteiger partial charge in [-0.1, -0.05) is 19.3 Å². The molecule has 1 fully saturated rings. The van der Waals surface area contributed by atoms with Crippen molar-refractivity contribution in [2.24, 2.45) is 0 Å². The molecule has 0 atom stereocenters. The molecule has 0 aromatic heterocycles. The van der Waals surface area contributed by atoms with Crippen LogP contribution in [0.3, 0.4) is 0 Å². The summed E-state index contributed by atoms with van der Waals surface area (Å²) in [5.74, 6) is 0. The van der Waals surface area contributed by atoms with Crippen LogP contribution in [0.1, 0.15) is 32.1 Å². The van der Waals surface area contributed by atoms with Crippen LogP contribution in [0, 0.1) is 6.42 Å². The number of hydrogen-bond donors (Lipinski definition) is 0. The molecule has 1 aliphatic carbocycles. The summed E-state index contributed by atoms with van der Waals surface area (Å²) in [6.45, 7) is 0. The van der Waals surface area contributed by atoms with Gasteiger partial charge in [0.1, 0.15) is 0 Å². The second-order valence-corrected chi connectivity index (χ2v) is 1.93. The molecular weight excluding hydrogens is 115 g/mol. The van der Waals surface area contributed by atoms with Gasteiger partial charge in [0.25, 0.3) is 0 Å². The summed E-state index contributed by atoms with van der Waals surface area (Å²) < 4.78 is 0. The molecule has 0 aromatic carbocycles. The Bertz CT molecular complexity index is 24.0. The van der Waals surface area contributed by atoms with Gasteiger partial charge in [0.2, 0.25) is 0 Å². The predicted molar refractivity (Wildman–Crippen MR) is 33.1 cm³/mol. The van der Waals surface area contributed by atoms with E-state index in [1.54, 1.807) is 0 Å². The molecule has 1 aliphatic rings. The van der Waals surface area contributed by atoms with Gasteiger partial charge in [-0.25, -0.2) is 0 Å². The van der Waals surface area contributed by atoms with Crippen molar-refractivity contribution in [1.29, 1.82) is 0 Å². The zero-order valence-corrected chi connectivity index (χ0v) is 6.61. The van der Waals surface area contributed by atoms with Crippen molar-refractivity contribution in [2.45, 2.75) is 32.1 Å². The van der Waals surface area contributed by atoms with Crippen LogP contribution in [0.25, 0.3) is 0 Å². The van der Waals surface area contributed by atoms with Gasteiger partial charge in [0.05, 0.1) is 0 Å². The molecular formula is C6H11FMg. The van der Waals surface area contributed by atoms with E-state index >= 15 is 0 Å². The molecule has 0 aromatic rings. The molecule has 0 N–H and O–H groups in total. The van der Waals surface area contributed by atoms with Crippen molar-refractivity contribution in [3.8, 4) is 0 Å². The standard InChI is InChI=1S/C6H11.FH.Mg/c1-2-4-6-5-3-1;;/h1H,2-6H2;1H;/q-1;;+2/p-1. The third kappa shape index (κ3) is 4.85. The molecule has 1 saturated carbocycles. The molecule has 0 spiro atoms. The summed E-state index contributed by atoms with van der Waals surface area (Å²) in [4.78, 5) is 0. The van der Waals surface area contributed by atoms with E-state index in [1.165, 1.54) is 32.1 Å². The summed E-state index contributed by atoms with van der Waals surface area (Å²) in [5, 5.41) is 0. The summed E-state index contributed by atoms with van der Waals surface area (Å²) in [6.07, 6.45) is 9.50. The Morgan fingerprint density at radius 2 is 1.38 bits per heavy atom. The van der Waals surface area contributed by atoms with E-state index in [0.717, 1.165) is 0 Å². The van der Waals surface area contributed by atoms with Crippen molar-refractivity contribution in [3.63, 3.8) is 0 Å². The van der Waals surface area contributed by atoms with E-state index < -0.39 is 0 Å². The maximum absolute atomic E-state index is 2.39. The van der Waals surface area contributed by atoms with Crippen LogP contribution in [0.15, 0.2) is 0 Å². The molecule has 0 radical (unpaired) electrons. The van der Waals surface area contributed by atoms with E-state index in [-0.39, 0.29) is 27.8 Å². The normalized spacial score (nSPS) is 18.0. The molecule has 0 amide bonds. The molecule has 8 heavy (non-hydrogen) atoms. The van der Waals surface area contributed by atoms with Gasteiger partial charge in [-0.2, -0.15) is 12.8 Å². The Labute approximate surface area is 66.6 Å². The largest absolute Gasteiger partial charge is 2.00 e. The number of halogens is 1. The fourth-order valence-electron chi connectivity index (χ4n) is 0.898. The van der Waals surface area contributed by atoms with Crippen molar-refractivity contribution in [2.75, 3.05) is 0 Å². The van der Waals surface area contributed by atoms with Crippen LogP contribution in [0.5, 0.6) is 0 Å². The first-order chi connectivity index (χ1) is 3.00. The molecule has 44 valence electrons. The van der Waals surface area contributed by atoms with Crippen molar-refractivity contribution in [3.05, 3.63) is 6.42 Å². The van der Waals surface area contributed by atoms with Crippen LogP contribution in [-0.2, 0) is 0 Å². The van der Waals surface area contributed by atoms with Crippen LogP contribution < -0.4 is 4.70 Å². The smallest absolute Gasteiger partial charge is 1.00 e. The maximum atomic E-state index is 2.39. The molecule has 0 unspecified atom stereocenters. The van der Waals surface area contributed by atoms with Gasteiger partial charge in [0, 0.05) is 0 Å². The Kier molecular flexibility index (Phi) is 11.1. The second-order valence-electron chi connectivity index (χ2n) is 1.93. The van der Waals surface area contributed by atoms with E-state index in [0.29, 0.717) is 0 Å². The average Bonchev–Trinajstić information content (AvgIpc) is 1.72. The summed E-state index contributed by atoms with van der Waals surface area (Å²) in [6, 6.07) is 0. The Hall–Kier alpha value is 0.696. The van der Waals surface area contributed by atoms with Crippen LogP contribution in [0.2, 0.25) is 0 Å². The maximum Gasteiger partial charge on any atom is 2.00 e. The fourth-order valence-corrected chi connectivity index (χ4v) is 0.898. The number of rotatable bonds is 0. The van der Waals surface area contributed by atoms with Gasteiger partial charge in [-0.15, -0.1) is 0 Å². The Balaban J connectivity index is 0. The first-order valence-electron chi connectivity index (χ1n) is 2.82. The van der Waals surface area contributed by atoms with Crippen LogP contribution in [-0.4, -0.2) is 23.1 Å². The Morgan fingerprint density at radius 1 is 0.875 bits per heavy atom. The molecule has 0 aliphatic heterocycles. The summed E-state index contributed by atoms with van der Waals surface area (Å²) >= 11 is 0. The zero-order valence-electron chi connectivity index (χ0n) is 5.20. The SMILES string of the molecule is [CH-]1CCCCC1.[F-].[Mg+2]. The van der Waals surface area contributed by atoms with Gasteiger partial charge in [0.15, 0.2) is 0 Å². The minimum Gasteiger partial charge on any atom is -1.00 e. The molecule has 0 saturated heterocycles. The van der Waals surface area contributed by atoms with Crippen molar-refractivity contribution in [1.82, 2.24) is 0 Å². The average molecular weight is 126 g/mol. The Morgan fingerprint density at radius 3 is 1.50 bits per heavy atom. The molecule has 0 bridgehead atoms. The van der Waals surface area contributed by atoms with Gasteiger partial charge in [-0.05, 0) is 0 Å². The van der Waals surface area contributed by atoms with Crippen molar-refractivity contribution >= 4 is 23.1 Å². The van der Waals surface area contributed by atoms with Crippen molar-refractivity contribution < 1.29 is 4.70 Å².